The third kappa shape index (κ3) is 5.31. The number of halogens is 2. The lowest BCUT2D eigenvalue weighted by atomic mass is 10.0. The quantitative estimate of drug-likeness (QED) is 0.896. The Kier molecular flexibility index (Phi) is 5.87. The van der Waals surface area contributed by atoms with E-state index >= 15 is 0 Å². The van der Waals surface area contributed by atoms with Crippen molar-refractivity contribution in [3.8, 4) is 0 Å². The number of amides is 1. The summed E-state index contributed by atoms with van der Waals surface area (Å²) in [5.74, 6) is 0.0403. The first-order chi connectivity index (χ1) is 9.10. The van der Waals surface area contributed by atoms with Crippen molar-refractivity contribution in [3.05, 3.63) is 33.8 Å². The number of carbonyl (C=O) groups is 1. The van der Waals surface area contributed by atoms with Crippen molar-refractivity contribution in [1.29, 1.82) is 0 Å². The second-order valence-electron chi connectivity index (χ2n) is 6.03. The molecule has 5 heteroatoms. The highest BCUT2D eigenvalue weighted by Gasteiger charge is 2.23. The van der Waals surface area contributed by atoms with Crippen LogP contribution in [0.3, 0.4) is 0 Å². The van der Waals surface area contributed by atoms with Gasteiger partial charge in [0.25, 0.3) is 0 Å². The minimum atomic E-state index is -0.512. The van der Waals surface area contributed by atoms with Gasteiger partial charge in [0.05, 0.1) is 10.0 Å². The van der Waals surface area contributed by atoms with Gasteiger partial charge in [0.15, 0.2) is 0 Å². The minimum absolute atomic E-state index is 0.0403. The number of nitrogens with zero attached hydrogens (tertiary/aromatic N) is 1. The normalized spacial score (nSPS) is 11.8. The Morgan fingerprint density at radius 3 is 2.35 bits per heavy atom. The van der Waals surface area contributed by atoms with Gasteiger partial charge in [0.1, 0.15) is 0 Å². The molecule has 0 aliphatic carbocycles. The van der Waals surface area contributed by atoms with Crippen LogP contribution in [0.5, 0.6) is 0 Å². The van der Waals surface area contributed by atoms with E-state index in [0.717, 1.165) is 5.56 Å². The van der Waals surface area contributed by atoms with Crippen LogP contribution < -0.4 is 5.73 Å². The van der Waals surface area contributed by atoms with Gasteiger partial charge >= 0.3 is 0 Å². The van der Waals surface area contributed by atoms with Crippen molar-refractivity contribution in [2.45, 2.75) is 52.2 Å². The molecule has 0 atom stereocenters. The Labute approximate surface area is 131 Å². The molecule has 1 amide bonds. The van der Waals surface area contributed by atoms with E-state index in [-0.39, 0.29) is 11.9 Å². The van der Waals surface area contributed by atoms with Crippen LogP contribution in [0.15, 0.2) is 18.2 Å². The van der Waals surface area contributed by atoms with E-state index < -0.39 is 5.54 Å². The first kappa shape index (κ1) is 17.3. The molecule has 1 aromatic rings. The molecule has 1 aromatic carbocycles. The Morgan fingerprint density at radius 2 is 1.90 bits per heavy atom. The van der Waals surface area contributed by atoms with Crippen molar-refractivity contribution in [3.63, 3.8) is 0 Å². The lowest BCUT2D eigenvalue weighted by Gasteiger charge is -2.30. The maximum atomic E-state index is 12.3. The molecule has 20 heavy (non-hydrogen) atoms. The average Bonchev–Trinajstić information content (AvgIpc) is 2.27. The number of hydrogen-bond donors (Lipinski definition) is 1. The van der Waals surface area contributed by atoms with E-state index in [1.54, 1.807) is 17.0 Å². The summed E-state index contributed by atoms with van der Waals surface area (Å²) >= 11 is 11.9. The van der Waals surface area contributed by atoms with Gasteiger partial charge in [-0.25, -0.2) is 0 Å². The van der Waals surface area contributed by atoms with Gasteiger partial charge in [0, 0.05) is 24.5 Å². The van der Waals surface area contributed by atoms with Gasteiger partial charge in [-0.15, -0.1) is 0 Å². The van der Waals surface area contributed by atoms with Crippen molar-refractivity contribution >= 4 is 29.1 Å². The second-order valence-corrected chi connectivity index (χ2v) is 6.84. The van der Waals surface area contributed by atoms with Crippen LogP contribution in [0.2, 0.25) is 10.0 Å². The van der Waals surface area contributed by atoms with Crippen LogP contribution in [0.4, 0.5) is 0 Å². The van der Waals surface area contributed by atoms with Crippen molar-refractivity contribution in [2.24, 2.45) is 5.73 Å². The van der Waals surface area contributed by atoms with E-state index in [0.29, 0.717) is 23.0 Å². The number of rotatable bonds is 5. The Balaban J connectivity index is 2.87. The third-order valence-corrected chi connectivity index (χ3v) is 3.63. The van der Waals surface area contributed by atoms with E-state index in [2.05, 4.69) is 0 Å². The summed E-state index contributed by atoms with van der Waals surface area (Å²) < 4.78 is 0. The van der Waals surface area contributed by atoms with Crippen molar-refractivity contribution < 1.29 is 4.79 Å². The fraction of sp³-hybridized carbons (Fsp3) is 0.533. The number of carbonyl (C=O) groups excluding carboxylic acids is 1. The highest BCUT2D eigenvalue weighted by molar-refractivity contribution is 6.42. The summed E-state index contributed by atoms with van der Waals surface area (Å²) in [6, 6.07) is 5.51. The van der Waals surface area contributed by atoms with Gasteiger partial charge in [-0.1, -0.05) is 29.3 Å². The van der Waals surface area contributed by atoms with Crippen LogP contribution in [0.1, 0.15) is 39.7 Å². The first-order valence-corrected chi connectivity index (χ1v) is 7.38. The smallest absolute Gasteiger partial charge is 0.224 e. The summed E-state index contributed by atoms with van der Waals surface area (Å²) in [7, 11) is 0. The largest absolute Gasteiger partial charge is 0.336 e. The maximum absolute atomic E-state index is 12.3. The van der Waals surface area contributed by atoms with Gasteiger partial charge in [-0.3, -0.25) is 4.79 Å². The van der Waals surface area contributed by atoms with Crippen LogP contribution in [-0.4, -0.2) is 22.4 Å². The SMILES string of the molecule is CC(C)N(Cc1ccc(Cl)c(Cl)c1)C(=O)CC(C)(C)N. The van der Waals surface area contributed by atoms with Crippen LogP contribution in [-0.2, 0) is 11.3 Å². The topological polar surface area (TPSA) is 46.3 Å². The molecule has 0 bridgehead atoms. The van der Waals surface area contributed by atoms with E-state index in [9.17, 15) is 4.79 Å². The Hall–Kier alpha value is -0.770. The summed E-state index contributed by atoms with van der Waals surface area (Å²) in [5, 5.41) is 1.01. The van der Waals surface area contributed by atoms with Crippen molar-refractivity contribution in [1.82, 2.24) is 4.90 Å². The monoisotopic (exact) mass is 316 g/mol. The minimum Gasteiger partial charge on any atom is -0.336 e. The highest BCUT2D eigenvalue weighted by Crippen LogP contribution is 2.24. The van der Waals surface area contributed by atoms with E-state index in [4.69, 9.17) is 28.9 Å². The third-order valence-electron chi connectivity index (χ3n) is 2.89. The molecular weight excluding hydrogens is 295 g/mol. The molecule has 0 spiro atoms. The number of hydrogen-bond acceptors (Lipinski definition) is 2. The standard InChI is InChI=1S/C15H22Cl2N2O/c1-10(2)19(14(20)8-15(3,4)18)9-11-5-6-12(16)13(17)7-11/h5-7,10H,8-9,18H2,1-4H3. The first-order valence-electron chi connectivity index (χ1n) is 6.62. The molecule has 3 nitrogen and oxygen atoms in total. The molecule has 0 radical (unpaired) electrons. The lowest BCUT2D eigenvalue weighted by Crippen LogP contribution is -2.43. The second kappa shape index (κ2) is 6.79. The zero-order chi connectivity index (χ0) is 15.5. The van der Waals surface area contributed by atoms with Gasteiger partial charge in [0.2, 0.25) is 5.91 Å². The molecule has 0 unspecified atom stereocenters. The zero-order valence-corrected chi connectivity index (χ0v) is 13.9. The molecule has 112 valence electrons. The predicted octanol–water partition coefficient (Wildman–Crippen LogP) is 3.86. The van der Waals surface area contributed by atoms with E-state index in [1.165, 1.54) is 0 Å². The maximum Gasteiger partial charge on any atom is 0.224 e. The molecule has 0 fully saturated rings. The molecule has 0 aliphatic rings. The molecule has 0 heterocycles. The average molecular weight is 317 g/mol. The molecule has 0 aromatic heterocycles. The molecule has 1 rings (SSSR count). The van der Waals surface area contributed by atoms with E-state index in [1.807, 2.05) is 33.8 Å². The summed E-state index contributed by atoms with van der Waals surface area (Å²) in [4.78, 5) is 14.1. The molecular formula is C15H22Cl2N2O. The molecule has 0 saturated heterocycles. The summed E-state index contributed by atoms with van der Waals surface area (Å²) in [6.45, 7) is 8.17. The fourth-order valence-electron chi connectivity index (χ4n) is 1.88. The van der Waals surface area contributed by atoms with Crippen LogP contribution in [0, 0.1) is 0 Å². The molecule has 2 N–H and O–H groups in total. The summed E-state index contributed by atoms with van der Waals surface area (Å²) in [6.07, 6.45) is 0.312. The molecule has 0 saturated carbocycles. The predicted molar refractivity (Wildman–Crippen MR) is 85.0 cm³/mol. The fourth-order valence-corrected chi connectivity index (χ4v) is 2.21. The Bertz CT molecular complexity index is 481. The Morgan fingerprint density at radius 1 is 1.30 bits per heavy atom. The molecule has 0 aliphatic heterocycles. The number of benzene rings is 1. The number of nitrogens with two attached hydrogens (primary N) is 1. The lowest BCUT2D eigenvalue weighted by molar-refractivity contribution is -0.134. The van der Waals surface area contributed by atoms with Gasteiger partial charge < -0.3 is 10.6 Å². The van der Waals surface area contributed by atoms with Crippen LogP contribution in [0.25, 0.3) is 0 Å². The highest BCUT2D eigenvalue weighted by atomic mass is 35.5. The van der Waals surface area contributed by atoms with Crippen LogP contribution >= 0.6 is 23.2 Å². The van der Waals surface area contributed by atoms with Gasteiger partial charge in [-0.2, -0.15) is 0 Å². The van der Waals surface area contributed by atoms with Crippen molar-refractivity contribution in [2.75, 3.05) is 0 Å². The summed E-state index contributed by atoms with van der Waals surface area (Å²) in [5.41, 5.74) is 6.37. The van der Waals surface area contributed by atoms with Gasteiger partial charge in [-0.05, 0) is 45.4 Å². The zero-order valence-electron chi connectivity index (χ0n) is 12.4.